The van der Waals surface area contributed by atoms with Gasteiger partial charge in [0.1, 0.15) is 5.82 Å². The van der Waals surface area contributed by atoms with Crippen LogP contribution in [0.3, 0.4) is 0 Å². The Balaban J connectivity index is 2.15. The van der Waals surface area contributed by atoms with Crippen molar-refractivity contribution in [3.63, 3.8) is 0 Å². The highest BCUT2D eigenvalue weighted by molar-refractivity contribution is 6.31. The number of halogens is 2. The first-order valence-electron chi connectivity index (χ1n) is 6.89. The average molecular weight is 286 g/mol. The molecule has 1 aliphatic rings. The van der Waals surface area contributed by atoms with Gasteiger partial charge in [-0.1, -0.05) is 24.6 Å². The molecule has 1 aliphatic heterocycles. The van der Waals surface area contributed by atoms with Gasteiger partial charge in [0.15, 0.2) is 0 Å². The van der Waals surface area contributed by atoms with E-state index in [-0.39, 0.29) is 18.0 Å². The van der Waals surface area contributed by atoms with Crippen molar-refractivity contribution in [3.05, 3.63) is 34.6 Å². The normalized spacial score (nSPS) is 24.6. The number of rotatable bonds is 5. The van der Waals surface area contributed by atoms with Gasteiger partial charge < -0.3 is 10.1 Å². The lowest BCUT2D eigenvalue weighted by Gasteiger charge is -2.27. The van der Waals surface area contributed by atoms with Gasteiger partial charge in [-0.05, 0) is 38.4 Å². The summed E-state index contributed by atoms with van der Waals surface area (Å²) in [5.74, 6) is 0.199. The van der Waals surface area contributed by atoms with Crippen LogP contribution < -0.4 is 5.32 Å². The van der Waals surface area contributed by atoms with Crippen LogP contribution in [-0.2, 0) is 11.2 Å². The topological polar surface area (TPSA) is 21.3 Å². The highest BCUT2D eigenvalue weighted by Gasteiger charge is 2.33. The molecule has 1 heterocycles. The zero-order valence-corrected chi connectivity index (χ0v) is 12.2. The van der Waals surface area contributed by atoms with Gasteiger partial charge >= 0.3 is 0 Å². The van der Waals surface area contributed by atoms with Gasteiger partial charge in [0.05, 0.1) is 6.10 Å². The van der Waals surface area contributed by atoms with E-state index in [1.54, 1.807) is 12.1 Å². The molecule has 0 bridgehead atoms. The maximum absolute atomic E-state index is 13.9. The SMILES string of the molecule is CCC1OCCC1C(Cc1c(F)cccc1Cl)NC. The van der Waals surface area contributed by atoms with Crippen molar-refractivity contribution in [2.24, 2.45) is 5.92 Å². The number of benzene rings is 1. The van der Waals surface area contributed by atoms with Crippen molar-refractivity contribution < 1.29 is 9.13 Å². The monoisotopic (exact) mass is 285 g/mol. The summed E-state index contributed by atoms with van der Waals surface area (Å²) < 4.78 is 19.6. The molecular formula is C15H21ClFNO. The molecule has 0 amide bonds. The lowest BCUT2D eigenvalue weighted by Crippen LogP contribution is -2.39. The summed E-state index contributed by atoms with van der Waals surface area (Å²) in [5.41, 5.74) is 0.602. The minimum atomic E-state index is -0.222. The quantitative estimate of drug-likeness (QED) is 0.895. The van der Waals surface area contributed by atoms with Crippen molar-refractivity contribution in [2.75, 3.05) is 13.7 Å². The second-order valence-electron chi connectivity index (χ2n) is 5.07. The number of ether oxygens (including phenoxy) is 1. The van der Waals surface area contributed by atoms with Crippen LogP contribution in [0.2, 0.25) is 5.02 Å². The third-order valence-electron chi connectivity index (χ3n) is 4.04. The molecule has 0 aliphatic carbocycles. The first-order chi connectivity index (χ1) is 9.17. The van der Waals surface area contributed by atoms with Gasteiger partial charge in [-0.25, -0.2) is 4.39 Å². The molecule has 106 valence electrons. The number of nitrogens with one attached hydrogen (secondary N) is 1. The largest absolute Gasteiger partial charge is 0.378 e. The van der Waals surface area contributed by atoms with E-state index in [2.05, 4.69) is 12.2 Å². The van der Waals surface area contributed by atoms with Crippen LogP contribution in [0.25, 0.3) is 0 Å². The molecule has 0 radical (unpaired) electrons. The summed E-state index contributed by atoms with van der Waals surface area (Å²) in [5, 5.41) is 3.81. The Morgan fingerprint density at radius 2 is 2.32 bits per heavy atom. The highest BCUT2D eigenvalue weighted by atomic mass is 35.5. The van der Waals surface area contributed by atoms with Crippen LogP contribution in [-0.4, -0.2) is 25.8 Å². The summed E-state index contributed by atoms with van der Waals surface area (Å²) >= 11 is 6.11. The Morgan fingerprint density at radius 1 is 1.53 bits per heavy atom. The molecule has 0 aromatic heterocycles. The van der Waals surface area contributed by atoms with Gasteiger partial charge in [-0.15, -0.1) is 0 Å². The van der Waals surface area contributed by atoms with Crippen molar-refractivity contribution >= 4 is 11.6 Å². The van der Waals surface area contributed by atoms with Crippen molar-refractivity contribution in [3.8, 4) is 0 Å². The highest BCUT2D eigenvalue weighted by Crippen LogP contribution is 2.30. The van der Waals surface area contributed by atoms with Crippen LogP contribution in [0.5, 0.6) is 0 Å². The van der Waals surface area contributed by atoms with Gasteiger partial charge in [-0.2, -0.15) is 0 Å². The van der Waals surface area contributed by atoms with Gasteiger partial charge in [0.2, 0.25) is 0 Å². The molecule has 0 spiro atoms. The van der Waals surface area contributed by atoms with Crippen molar-refractivity contribution in [1.29, 1.82) is 0 Å². The van der Waals surface area contributed by atoms with Gasteiger partial charge in [0, 0.05) is 29.2 Å². The third-order valence-corrected chi connectivity index (χ3v) is 4.39. The average Bonchev–Trinajstić information content (AvgIpc) is 2.87. The number of hydrogen-bond donors (Lipinski definition) is 1. The summed E-state index contributed by atoms with van der Waals surface area (Å²) in [6.45, 7) is 2.93. The Kier molecular flexibility index (Phi) is 5.20. The van der Waals surface area contributed by atoms with Crippen LogP contribution >= 0.6 is 11.6 Å². The fourth-order valence-corrected chi connectivity index (χ4v) is 3.20. The summed E-state index contributed by atoms with van der Waals surface area (Å²) in [7, 11) is 1.92. The van der Waals surface area contributed by atoms with Crippen LogP contribution in [0.15, 0.2) is 18.2 Å². The zero-order valence-electron chi connectivity index (χ0n) is 11.5. The van der Waals surface area contributed by atoms with E-state index in [4.69, 9.17) is 16.3 Å². The molecule has 19 heavy (non-hydrogen) atoms. The van der Waals surface area contributed by atoms with E-state index >= 15 is 0 Å². The smallest absolute Gasteiger partial charge is 0.127 e. The molecule has 1 fully saturated rings. The molecule has 2 rings (SSSR count). The minimum Gasteiger partial charge on any atom is -0.378 e. The lowest BCUT2D eigenvalue weighted by atomic mass is 9.87. The van der Waals surface area contributed by atoms with E-state index in [0.717, 1.165) is 19.4 Å². The maximum atomic E-state index is 13.9. The molecule has 1 aromatic carbocycles. The van der Waals surface area contributed by atoms with E-state index < -0.39 is 0 Å². The fraction of sp³-hybridized carbons (Fsp3) is 0.600. The first-order valence-corrected chi connectivity index (χ1v) is 7.27. The molecule has 3 atom stereocenters. The summed E-state index contributed by atoms with van der Waals surface area (Å²) in [6.07, 6.45) is 2.89. The number of likely N-dealkylation sites (N-methyl/N-ethyl adjacent to an activating group) is 1. The minimum absolute atomic E-state index is 0.196. The standard InChI is InChI=1S/C15H21ClFNO/c1-3-15-10(7-8-19-15)14(18-2)9-11-12(16)5-4-6-13(11)17/h4-6,10,14-15,18H,3,7-9H2,1-2H3. The zero-order chi connectivity index (χ0) is 13.8. The Hall–Kier alpha value is -0.640. The van der Waals surface area contributed by atoms with Crippen molar-refractivity contribution in [2.45, 2.75) is 38.3 Å². The maximum Gasteiger partial charge on any atom is 0.127 e. The van der Waals surface area contributed by atoms with Gasteiger partial charge in [-0.3, -0.25) is 0 Å². The lowest BCUT2D eigenvalue weighted by molar-refractivity contribution is 0.0782. The van der Waals surface area contributed by atoms with E-state index in [9.17, 15) is 4.39 Å². The predicted octanol–water partition coefficient (Wildman–Crippen LogP) is 3.42. The molecule has 4 heteroatoms. The van der Waals surface area contributed by atoms with E-state index in [1.807, 2.05) is 7.05 Å². The van der Waals surface area contributed by atoms with Crippen LogP contribution in [0.4, 0.5) is 4.39 Å². The molecule has 1 saturated heterocycles. The molecule has 3 unspecified atom stereocenters. The van der Waals surface area contributed by atoms with E-state index in [0.29, 0.717) is 22.9 Å². The van der Waals surface area contributed by atoms with Crippen molar-refractivity contribution in [1.82, 2.24) is 5.32 Å². The van der Waals surface area contributed by atoms with Crippen LogP contribution in [0.1, 0.15) is 25.3 Å². The summed E-state index contributed by atoms with van der Waals surface area (Å²) in [4.78, 5) is 0. The van der Waals surface area contributed by atoms with Crippen LogP contribution in [0, 0.1) is 11.7 Å². The molecule has 0 saturated carbocycles. The Bertz CT molecular complexity index is 406. The Labute approximate surface area is 119 Å². The number of hydrogen-bond acceptors (Lipinski definition) is 2. The second kappa shape index (κ2) is 6.69. The summed E-state index contributed by atoms with van der Waals surface area (Å²) in [6, 6.07) is 5.05. The molecule has 1 N–H and O–H groups in total. The molecule has 1 aromatic rings. The Morgan fingerprint density at radius 3 is 2.95 bits per heavy atom. The fourth-order valence-electron chi connectivity index (χ4n) is 2.96. The predicted molar refractivity (Wildman–Crippen MR) is 76.1 cm³/mol. The van der Waals surface area contributed by atoms with Gasteiger partial charge in [0.25, 0.3) is 0 Å². The third kappa shape index (κ3) is 3.28. The second-order valence-corrected chi connectivity index (χ2v) is 5.48. The van der Waals surface area contributed by atoms with E-state index in [1.165, 1.54) is 6.07 Å². The molecule has 2 nitrogen and oxygen atoms in total. The first kappa shape index (κ1) is 14.8. The molecular weight excluding hydrogens is 265 g/mol.